The Morgan fingerprint density at radius 2 is 1.74 bits per heavy atom. The maximum absolute atomic E-state index is 14.1. The van der Waals surface area contributed by atoms with Crippen LogP contribution in [0.5, 0.6) is 5.75 Å². The minimum absolute atomic E-state index is 0.203. The fourth-order valence-corrected chi connectivity index (χ4v) is 6.42. The van der Waals surface area contributed by atoms with E-state index in [0.717, 1.165) is 28.2 Å². The standard InChI is InChI=1S/C33H33N3O6S/c1-7-41-26-14-12-22(13-15-26)29-28(32(39)42-8-2)20(4)34-33-36(29)30(37)27(43-33)18-24-16-19(3)35(21(24)5)25-11-9-10-23(17-25)31(38)40-6/h9-18,29H,7-8H2,1-6H3/t29-/m1/s1. The van der Waals surface area contributed by atoms with Gasteiger partial charge in [-0.2, -0.15) is 0 Å². The predicted octanol–water partition coefficient (Wildman–Crippen LogP) is 4.39. The third-order valence-electron chi connectivity index (χ3n) is 7.31. The molecule has 0 unspecified atom stereocenters. The first-order chi connectivity index (χ1) is 20.7. The van der Waals surface area contributed by atoms with Crippen molar-refractivity contribution in [3.63, 3.8) is 0 Å². The van der Waals surface area contributed by atoms with E-state index in [0.29, 0.717) is 38.5 Å². The summed E-state index contributed by atoms with van der Waals surface area (Å²) in [5.74, 6) is -0.218. The van der Waals surface area contributed by atoms with E-state index in [2.05, 4.69) is 4.99 Å². The van der Waals surface area contributed by atoms with E-state index in [1.165, 1.54) is 18.4 Å². The number of aromatic nitrogens is 2. The molecule has 9 nitrogen and oxygen atoms in total. The smallest absolute Gasteiger partial charge is 0.338 e. The van der Waals surface area contributed by atoms with Crippen molar-refractivity contribution in [1.82, 2.24) is 9.13 Å². The number of hydrogen-bond acceptors (Lipinski definition) is 8. The molecule has 0 saturated heterocycles. The lowest BCUT2D eigenvalue weighted by molar-refractivity contribution is -0.139. The van der Waals surface area contributed by atoms with Gasteiger partial charge in [-0.25, -0.2) is 14.6 Å². The largest absolute Gasteiger partial charge is 0.494 e. The molecule has 0 aliphatic carbocycles. The van der Waals surface area contributed by atoms with Crippen LogP contribution in [0, 0.1) is 13.8 Å². The highest BCUT2D eigenvalue weighted by molar-refractivity contribution is 7.07. The first-order valence-electron chi connectivity index (χ1n) is 14.0. The average Bonchev–Trinajstić information content (AvgIpc) is 3.45. The first kappa shape index (κ1) is 29.8. The zero-order chi connectivity index (χ0) is 30.8. The molecule has 5 rings (SSSR count). The zero-order valence-electron chi connectivity index (χ0n) is 25.0. The number of carbonyl (C=O) groups excluding carboxylic acids is 2. The summed E-state index contributed by atoms with van der Waals surface area (Å²) in [6.45, 7) is 10.1. The summed E-state index contributed by atoms with van der Waals surface area (Å²) in [6.07, 6.45) is 1.85. The molecule has 0 N–H and O–H groups in total. The summed E-state index contributed by atoms with van der Waals surface area (Å²) in [5, 5.41) is 0. The monoisotopic (exact) mass is 599 g/mol. The van der Waals surface area contributed by atoms with Crippen LogP contribution in [0.4, 0.5) is 0 Å². The molecule has 2 aromatic heterocycles. The first-order valence-corrected chi connectivity index (χ1v) is 14.8. The molecule has 0 amide bonds. The summed E-state index contributed by atoms with van der Waals surface area (Å²) < 4.78 is 20.0. The highest BCUT2D eigenvalue weighted by Crippen LogP contribution is 2.32. The van der Waals surface area contributed by atoms with E-state index < -0.39 is 18.0 Å². The number of carbonyl (C=O) groups is 2. The molecule has 1 aliphatic heterocycles. The second kappa shape index (κ2) is 12.3. The van der Waals surface area contributed by atoms with Crippen LogP contribution >= 0.6 is 11.3 Å². The molecule has 1 atom stereocenters. The number of nitrogens with zero attached hydrogens (tertiary/aromatic N) is 3. The number of thiazole rings is 1. The van der Waals surface area contributed by atoms with Crippen LogP contribution in [0.2, 0.25) is 0 Å². The number of hydrogen-bond donors (Lipinski definition) is 0. The Labute approximate surface area is 253 Å². The second-order valence-corrected chi connectivity index (χ2v) is 11.0. The van der Waals surface area contributed by atoms with Gasteiger partial charge in [0.15, 0.2) is 4.80 Å². The maximum atomic E-state index is 14.1. The van der Waals surface area contributed by atoms with Gasteiger partial charge in [0.2, 0.25) is 0 Å². The van der Waals surface area contributed by atoms with Gasteiger partial charge in [-0.05, 0) is 88.2 Å². The second-order valence-electron chi connectivity index (χ2n) is 10.0. The molecule has 0 fully saturated rings. The van der Waals surface area contributed by atoms with E-state index in [1.54, 1.807) is 30.5 Å². The molecule has 0 spiro atoms. The fourth-order valence-electron chi connectivity index (χ4n) is 5.38. The molecule has 0 radical (unpaired) electrons. The number of allylic oxidation sites excluding steroid dienone is 1. The topological polar surface area (TPSA) is 101 Å². The van der Waals surface area contributed by atoms with E-state index in [-0.39, 0.29) is 12.2 Å². The molecule has 10 heteroatoms. The summed E-state index contributed by atoms with van der Waals surface area (Å²) in [6, 6.07) is 15.9. The maximum Gasteiger partial charge on any atom is 0.338 e. The minimum atomic E-state index is -0.707. The number of methoxy groups -OCH3 is 1. The molecule has 0 saturated carbocycles. The summed E-state index contributed by atoms with van der Waals surface area (Å²) in [5.41, 5.74) is 5.27. The van der Waals surface area contributed by atoms with Gasteiger partial charge in [0.1, 0.15) is 5.75 Å². The highest BCUT2D eigenvalue weighted by atomic mass is 32.1. The van der Waals surface area contributed by atoms with Gasteiger partial charge in [0.25, 0.3) is 5.56 Å². The number of benzene rings is 2. The average molecular weight is 600 g/mol. The van der Waals surface area contributed by atoms with Crippen molar-refractivity contribution in [3.8, 4) is 11.4 Å². The van der Waals surface area contributed by atoms with Crippen molar-refractivity contribution in [2.45, 2.75) is 40.7 Å². The van der Waals surface area contributed by atoms with Gasteiger partial charge in [0.05, 0.1) is 47.7 Å². The Morgan fingerprint density at radius 1 is 1.00 bits per heavy atom. The van der Waals surface area contributed by atoms with Gasteiger partial charge in [-0.1, -0.05) is 29.5 Å². The quantitative estimate of drug-likeness (QED) is 0.279. The SMILES string of the molecule is CCOC(=O)C1=C(C)N=c2sc(=Cc3cc(C)n(-c4cccc(C(=O)OC)c4)c3C)c(=O)n2[C@@H]1c1ccc(OCC)cc1. The zero-order valence-corrected chi connectivity index (χ0v) is 25.8. The molecule has 1 aliphatic rings. The minimum Gasteiger partial charge on any atom is -0.494 e. The van der Waals surface area contributed by atoms with Crippen molar-refractivity contribution in [2.24, 2.45) is 4.99 Å². The van der Waals surface area contributed by atoms with E-state index >= 15 is 0 Å². The predicted molar refractivity (Wildman–Crippen MR) is 165 cm³/mol. The van der Waals surface area contributed by atoms with Crippen LogP contribution in [0.15, 0.2) is 75.7 Å². The van der Waals surface area contributed by atoms with Gasteiger partial charge in [-0.3, -0.25) is 9.36 Å². The summed E-state index contributed by atoms with van der Waals surface area (Å²) >= 11 is 1.27. The number of esters is 2. The molecule has 222 valence electrons. The number of rotatable bonds is 8. The lowest BCUT2D eigenvalue weighted by atomic mass is 9.96. The molecule has 0 bridgehead atoms. The van der Waals surface area contributed by atoms with Gasteiger partial charge < -0.3 is 18.8 Å². The van der Waals surface area contributed by atoms with Crippen LogP contribution in [-0.2, 0) is 14.3 Å². The van der Waals surface area contributed by atoms with Crippen molar-refractivity contribution in [2.75, 3.05) is 20.3 Å². The van der Waals surface area contributed by atoms with E-state index in [1.807, 2.05) is 73.9 Å². The van der Waals surface area contributed by atoms with E-state index in [9.17, 15) is 14.4 Å². The molecule has 43 heavy (non-hydrogen) atoms. The van der Waals surface area contributed by atoms with E-state index in [4.69, 9.17) is 14.2 Å². The van der Waals surface area contributed by atoms with Crippen molar-refractivity contribution in [1.29, 1.82) is 0 Å². The van der Waals surface area contributed by atoms with Crippen LogP contribution in [0.3, 0.4) is 0 Å². The highest BCUT2D eigenvalue weighted by Gasteiger charge is 2.33. The van der Waals surface area contributed by atoms with Crippen LogP contribution in [0.25, 0.3) is 11.8 Å². The Balaban J connectivity index is 1.65. The molecule has 3 heterocycles. The van der Waals surface area contributed by atoms with Crippen LogP contribution in [0.1, 0.15) is 59.7 Å². The van der Waals surface area contributed by atoms with Crippen LogP contribution in [-0.4, -0.2) is 41.4 Å². The number of ether oxygens (including phenoxy) is 3. The van der Waals surface area contributed by atoms with Crippen molar-refractivity contribution >= 4 is 29.4 Å². The number of aryl methyl sites for hydroxylation is 1. The molecular weight excluding hydrogens is 566 g/mol. The summed E-state index contributed by atoms with van der Waals surface area (Å²) in [7, 11) is 1.35. The normalized spacial score (nSPS) is 14.7. The third-order valence-corrected chi connectivity index (χ3v) is 8.29. The van der Waals surface area contributed by atoms with Crippen LogP contribution < -0.4 is 19.6 Å². The lowest BCUT2D eigenvalue weighted by Crippen LogP contribution is -2.39. The Kier molecular flexibility index (Phi) is 8.50. The Morgan fingerprint density at radius 3 is 2.42 bits per heavy atom. The van der Waals surface area contributed by atoms with Crippen molar-refractivity contribution in [3.05, 3.63) is 114 Å². The number of fused-ring (bicyclic) bond motifs is 1. The third kappa shape index (κ3) is 5.58. The fraction of sp³-hybridized carbons (Fsp3) is 0.273. The lowest BCUT2D eigenvalue weighted by Gasteiger charge is -2.24. The molecule has 2 aromatic carbocycles. The molecular formula is C33H33N3O6S. The van der Waals surface area contributed by atoms with Crippen molar-refractivity contribution < 1.29 is 23.8 Å². The molecule has 4 aromatic rings. The van der Waals surface area contributed by atoms with Gasteiger partial charge in [0, 0.05) is 17.1 Å². The Hall–Kier alpha value is -4.70. The summed E-state index contributed by atoms with van der Waals surface area (Å²) in [4.78, 5) is 44.5. The van der Waals surface area contributed by atoms with Gasteiger partial charge >= 0.3 is 11.9 Å². The van der Waals surface area contributed by atoms with Gasteiger partial charge in [-0.15, -0.1) is 0 Å². The Bertz CT molecular complexity index is 1930.